The van der Waals surface area contributed by atoms with Crippen molar-refractivity contribution in [1.29, 1.82) is 0 Å². The largest absolute Gasteiger partial charge is 0.298 e. The summed E-state index contributed by atoms with van der Waals surface area (Å²) < 4.78 is 14.2. The first-order chi connectivity index (χ1) is 10.5. The molecule has 0 aliphatic carbocycles. The summed E-state index contributed by atoms with van der Waals surface area (Å²) in [5, 5.41) is 0. The standard InChI is InChI=1S/C18H26FN3/c1-14(2)22-9-7-21(8-10-22)13-16-5-6-17(18(19)11-16)15(3)12-20-4/h5-6,11-12,14H,4,7-10,13H2,1-3H3/b15-12+. The Balaban J connectivity index is 1.99. The van der Waals surface area contributed by atoms with Gasteiger partial charge in [-0.05, 0) is 44.7 Å². The van der Waals surface area contributed by atoms with Crippen LogP contribution in [0.15, 0.2) is 29.4 Å². The molecule has 0 amide bonds. The van der Waals surface area contributed by atoms with Gasteiger partial charge in [-0.1, -0.05) is 12.1 Å². The predicted molar refractivity (Wildman–Crippen MR) is 91.6 cm³/mol. The Labute approximate surface area is 133 Å². The molecule has 1 heterocycles. The molecule has 0 atom stereocenters. The van der Waals surface area contributed by atoms with Crippen molar-refractivity contribution >= 4 is 12.3 Å². The second-order valence-electron chi connectivity index (χ2n) is 6.21. The van der Waals surface area contributed by atoms with Gasteiger partial charge in [-0.25, -0.2) is 4.39 Å². The molecule has 1 aromatic rings. The molecule has 0 spiro atoms. The van der Waals surface area contributed by atoms with Gasteiger partial charge in [0.05, 0.1) is 0 Å². The Kier molecular flexibility index (Phi) is 5.86. The summed E-state index contributed by atoms with van der Waals surface area (Å²) in [6.07, 6.45) is 1.59. The number of piperazine rings is 1. The maximum absolute atomic E-state index is 14.2. The SMILES string of the molecule is C=N/C=C(\C)c1ccc(CN2CCN(C(C)C)CC2)cc1F. The third-order valence-corrected chi connectivity index (χ3v) is 4.29. The molecule has 0 N–H and O–H groups in total. The molecule has 1 saturated heterocycles. The number of rotatable bonds is 5. The zero-order chi connectivity index (χ0) is 16.1. The number of halogens is 1. The highest BCUT2D eigenvalue weighted by atomic mass is 19.1. The Morgan fingerprint density at radius 1 is 1.32 bits per heavy atom. The van der Waals surface area contributed by atoms with E-state index in [1.165, 1.54) is 0 Å². The van der Waals surface area contributed by atoms with Crippen LogP contribution in [0.5, 0.6) is 0 Å². The third kappa shape index (κ3) is 4.24. The minimum Gasteiger partial charge on any atom is -0.298 e. The van der Waals surface area contributed by atoms with Crippen molar-refractivity contribution < 1.29 is 4.39 Å². The first kappa shape index (κ1) is 16.8. The van der Waals surface area contributed by atoms with Crippen LogP contribution in [0.4, 0.5) is 4.39 Å². The van der Waals surface area contributed by atoms with E-state index in [4.69, 9.17) is 0 Å². The molecule has 0 bridgehead atoms. The van der Waals surface area contributed by atoms with E-state index in [1.54, 1.807) is 12.3 Å². The molecular formula is C18H26FN3. The van der Waals surface area contributed by atoms with Crippen LogP contribution in [0.25, 0.3) is 5.57 Å². The van der Waals surface area contributed by atoms with E-state index in [1.807, 2.05) is 19.1 Å². The highest BCUT2D eigenvalue weighted by Crippen LogP contribution is 2.20. The predicted octanol–water partition coefficient (Wildman–Crippen LogP) is 3.41. The molecule has 0 saturated carbocycles. The van der Waals surface area contributed by atoms with Gasteiger partial charge in [-0.15, -0.1) is 0 Å². The number of hydrogen-bond acceptors (Lipinski definition) is 3. The van der Waals surface area contributed by atoms with Crippen molar-refractivity contribution in [3.8, 4) is 0 Å². The van der Waals surface area contributed by atoms with E-state index in [-0.39, 0.29) is 5.82 Å². The van der Waals surface area contributed by atoms with Crippen molar-refractivity contribution in [2.75, 3.05) is 26.2 Å². The number of hydrogen-bond donors (Lipinski definition) is 0. The van der Waals surface area contributed by atoms with Gasteiger partial charge < -0.3 is 0 Å². The number of allylic oxidation sites excluding steroid dienone is 1. The molecule has 1 aliphatic heterocycles. The lowest BCUT2D eigenvalue weighted by Gasteiger charge is -2.37. The van der Waals surface area contributed by atoms with Gasteiger partial charge in [-0.3, -0.25) is 14.8 Å². The van der Waals surface area contributed by atoms with Crippen molar-refractivity contribution in [2.24, 2.45) is 4.99 Å². The van der Waals surface area contributed by atoms with Gasteiger partial charge >= 0.3 is 0 Å². The fourth-order valence-corrected chi connectivity index (χ4v) is 2.88. The highest BCUT2D eigenvalue weighted by molar-refractivity contribution is 5.64. The molecule has 0 radical (unpaired) electrons. The van der Waals surface area contributed by atoms with Gasteiger partial charge in [0.1, 0.15) is 5.82 Å². The summed E-state index contributed by atoms with van der Waals surface area (Å²) >= 11 is 0. The van der Waals surface area contributed by atoms with Crippen molar-refractivity contribution in [3.63, 3.8) is 0 Å². The summed E-state index contributed by atoms with van der Waals surface area (Å²) in [6.45, 7) is 14.8. The third-order valence-electron chi connectivity index (χ3n) is 4.29. The molecular weight excluding hydrogens is 277 g/mol. The zero-order valence-electron chi connectivity index (χ0n) is 13.8. The highest BCUT2D eigenvalue weighted by Gasteiger charge is 2.19. The number of benzene rings is 1. The van der Waals surface area contributed by atoms with Gasteiger partial charge in [0.15, 0.2) is 0 Å². The normalized spacial score (nSPS) is 18.0. The first-order valence-electron chi connectivity index (χ1n) is 7.89. The van der Waals surface area contributed by atoms with Gasteiger partial charge in [0.25, 0.3) is 0 Å². The lowest BCUT2D eigenvalue weighted by molar-refractivity contribution is 0.104. The van der Waals surface area contributed by atoms with Crippen molar-refractivity contribution in [1.82, 2.24) is 9.80 Å². The lowest BCUT2D eigenvalue weighted by Crippen LogP contribution is -2.48. The van der Waals surface area contributed by atoms with E-state index < -0.39 is 0 Å². The summed E-state index contributed by atoms with van der Waals surface area (Å²) in [5.41, 5.74) is 2.42. The molecule has 4 heteroatoms. The summed E-state index contributed by atoms with van der Waals surface area (Å²) in [5.74, 6) is -0.185. The monoisotopic (exact) mass is 303 g/mol. The summed E-state index contributed by atoms with van der Waals surface area (Å²) in [6, 6.07) is 6.09. The van der Waals surface area contributed by atoms with Crippen LogP contribution in [-0.4, -0.2) is 48.7 Å². The summed E-state index contributed by atoms with van der Waals surface area (Å²) in [4.78, 5) is 8.57. The first-order valence-corrected chi connectivity index (χ1v) is 7.89. The molecule has 120 valence electrons. The fourth-order valence-electron chi connectivity index (χ4n) is 2.88. The van der Waals surface area contributed by atoms with Crippen LogP contribution in [-0.2, 0) is 6.54 Å². The van der Waals surface area contributed by atoms with Gasteiger partial charge in [0, 0.05) is 50.5 Å². The maximum atomic E-state index is 14.2. The Hall–Kier alpha value is -1.52. The van der Waals surface area contributed by atoms with Crippen molar-refractivity contribution in [2.45, 2.75) is 33.4 Å². The fraction of sp³-hybridized carbons (Fsp3) is 0.500. The Morgan fingerprint density at radius 3 is 2.55 bits per heavy atom. The Bertz CT molecular complexity index is 543. The minimum atomic E-state index is -0.185. The van der Waals surface area contributed by atoms with Crippen LogP contribution >= 0.6 is 0 Å². The topological polar surface area (TPSA) is 18.8 Å². The Morgan fingerprint density at radius 2 is 2.00 bits per heavy atom. The van der Waals surface area contributed by atoms with Crippen LogP contribution in [0.2, 0.25) is 0 Å². The number of nitrogens with zero attached hydrogens (tertiary/aromatic N) is 3. The summed E-state index contributed by atoms with van der Waals surface area (Å²) in [7, 11) is 0. The quantitative estimate of drug-likeness (QED) is 0.776. The molecule has 0 aromatic heterocycles. The average Bonchev–Trinajstić information content (AvgIpc) is 2.48. The zero-order valence-corrected chi connectivity index (χ0v) is 13.8. The van der Waals surface area contributed by atoms with Gasteiger partial charge in [-0.2, -0.15) is 0 Å². The molecule has 3 nitrogen and oxygen atoms in total. The number of aliphatic imine (C=N–C) groups is 1. The van der Waals surface area contributed by atoms with Crippen LogP contribution in [0.1, 0.15) is 31.9 Å². The second kappa shape index (κ2) is 7.65. The van der Waals surface area contributed by atoms with E-state index in [2.05, 4.69) is 35.4 Å². The van der Waals surface area contributed by atoms with E-state index in [9.17, 15) is 4.39 Å². The van der Waals surface area contributed by atoms with Crippen LogP contribution < -0.4 is 0 Å². The lowest BCUT2D eigenvalue weighted by atomic mass is 10.0. The van der Waals surface area contributed by atoms with E-state index in [0.717, 1.165) is 43.9 Å². The molecule has 1 aromatic carbocycles. The molecule has 1 aliphatic rings. The molecule has 0 unspecified atom stereocenters. The molecule has 22 heavy (non-hydrogen) atoms. The second-order valence-corrected chi connectivity index (χ2v) is 6.21. The van der Waals surface area contributed by atoms with Crippen molar-refractivity contribution in [3.05, 3.63) is 41.3 Å². The van der Waals surface area contributed by atoms with Crippen LogP contribution in [0.3, 0.4) is 0 Å². The average molecular weight is 303 g/mol. The van der Waals surface area contributed by atoms with Crippen LogP contribution in [0, 0.1) is 5.82 Å². The van der Waals surface area contributed by atoms with Gasteiger partial charge in [0.2, 0.25) is 0 Å². The maximum Gasteiger partial charge on any atom is 0.131 e. The minimum absolute atomic E-state index is 0.185. The smallest absolute Gasteiger partial charge is 0.131 e. The van der Waals surface area contributed by atoms with E-state index in [0.29, 0.717) is 11.6 Å². The van der Waals surface area contributed by atoms with E-state index >= 15 is 0 Å². The molecule has 2 rings (SSSR count). The molecule has 1 fully saturated rings.